The molecule has 0 spiro atoms. The predicted octanol–water partition coefficient (Wildman–Crippen LogP) is 3.82. The van der Waals surface area contributed by atoms with Crippen LogP contribution in [0.1, 0.15) is 19.4 Å². The predicted molar refractivity (Wildman–Crippen MR) is 132 cm³/mol. The number of rotatable bonds is 6. The lowest BCUT2D eigenvalue weighted by Gasteiger charge is -2.36. The van der Waals surface area contributed by atoms with Crippen molar-refractivity contribution in [1.29, 1.82) is 0 Å². The molecule has 1 aromatic carbocycles. The van der Waals surface area contributed by atoms with E-state index in [1.165, 1.54) is 11.3 Å². The first-order valence-electron chi connectivity index (χ1n) is 9.87. The van der Waals surface area contributed by atoms with E-state index in [2.05, 4.69) is 31.4 Å². The number of aliphatic carboxylic acids is 1. The van der Waals surface area contributed by atoms with Crippen molar-refractivity contribution in [2.75, 3.05) is 32.7 Å². The number of hydrogen-bond acceptors (Lipinski definition) is 6. The van der Waals surface area contributed by atoms with E-state index >= 15 is 0 Å². The maximum atomic E-state index is 11.0. The van der Waals surface area contributed by atoms with Crippen LogP contribution in [0.3, 0.4) is 0 Å². The minimum atomic E-state index is -0.774. The first-order valence-corrected chi connectivity index (χ1v) is 12.0. The van der Waals surface area contributed by atoms with E-state index in [9.17, 15) is 9.90 Å². The lowest BCUT2D eigenvalue weighted by Crippen LogP contribution is -2.52. The average Bonchev–Trinajstić information content (AvgIpc) is 3.14. The molecule has 1 aliphatic rings. The van der Waals surface area contributed by atoms with E-state index in [0.717, 1.165) is 28.0 Å². The topological polar surface area (TPSA) is 88.4 Å². The quantitative estimate of drug-likeness (QED) is 0.300. The van der Waals surface area contributed by atoms with Gasteiger partial charge in [0.05, 0.1) is 22.1 Å². The summed E-state index contributed by atoms with van der Waals surface area (Å²) in [5, 5.41) is 26.5. The second-order valence-electron chi connectivity index (χ2n) is 7.48. The number of carboxylic acids is 1. The largest absolute Gasteiger partial charge is 0.506 e. The van der Waals surface area contributed by atoms with Crippen LogP contribution in [0.2, 0.25) is 0 Å². The molecular weight excluding hydrogens is 500 g/mol. The number of benzene rings is 1. The summed E-state index contributed by atoms with van der Waals surface area (Å²) in [5.41, 5.74) is 5.19. The lowest BCUT2D eigenvalue weighted by molar-refractivity contribution is -0.141. The summed E-state index contributed by atoms with van der Waals surface area (Å²) >= 11 is 10.4. The number of carboxylic acid groups (broad SMARTS) is 1. The van der Waals surface area contributed by atoms with Crippen LogP contribution in [0.25, 0.3) is 10.4 Å². The molecule has 1 aliphatic heterocycles. The van der Waals surface area contributed by atoms with Crippen molar-refractivity contribution in [2.24, 2.45) is 11.0 Å². The van der Waals surface area contributed by atoms with Crippen molar-refractivity contribution < 1.29 is 15.0 Å². The standard InChI is InChI=1S/C21H25BrN4O3S2/c1-13(20(28)29)11-25-7-9-26(10-8-25)21(30)24-23-14(2)17-12-31-19(18(17)27)15-3-5-16(22)6-4-15/h3-6,12-13,27H,7-11H2,1-2H3,(H,24,30)(H,28,29). The third kappa shape index (κ3) is 6.03. The number of thiophene rings is 1. The summed E-state index contributed by atoms with van der Waals surface area (Å²) in [7, 11) is 0. The van der Waals surface area contributed by atoms with Gasteiger partial charge in [0.15, 0.2) is 5.11 Å². The van der Waals surface area contributed by atoms with Gasteiger partial charge < -0.3 is 15.1 Å². The molecule has 7 nitrogen and oxygen atoms in total. The van der Waals surface area contributed by atoms with Gasteiger partial charge in [-0.2, -0.15) is 5.10 Å². The number of aromatic hydroxyl groups is 1. The van der Waals surface area contributed by atoms with Gasteiger partial charge in [-0.15, -0.1) is 11.3 Å². The van der Waals surface area contributed by atoms with Gasteiger partial charge in [-0.3, -0.25) is 15.1 Å². The highest BCUT2D eigenvalue weighted by Crippen LogP contribution is 2.39. The van der Waals surface area contributed by atoms with Crippen LogP contribution in [0, 0.1) is 5.92 Å². The van der Waals surface area contributed by atoms with Crippen LogP contribution in [0.15, 0.2) is 39.2 Å². The number of carbonyl (C=O) groups is 1. The first kappa shape index (κ1) is 23.6. The number of piperazine rings is 1. The molecule has 31 heavy (non-hydrogen) atoms. The van der Waals surface area contributed by atoms with E-state index in [1.54, 1.807) is 6.92 Å². The minimum absolute atomic E-state index is 0.211. The van der Waals surface area contributed by atoms with Crippen LogP contribution >= 0.6 is 39.5 Å². The minimum Gasteiger partial charge on any atom is -0.506 e. The zero-order valence-corrected chi connectivity index (χ0v) is 20.6. The molecule has 2 aromatic rings. The summed E-state index contributed by atoms with van der Waals surface area (Å²) in [6.07, 6.45) is 0. The van der Waals surface area contributed by atoms with E-state index in [-0.39, 0.29) is 11.7 Å². The smallest absolute Gasteiger partial charge is 0.307 e. The number of nitrogens with one attached hydrogen (secondary N) is 1. The molecule has 3 rings (SSSR count). The Labute approximate surface area is 199 Å². The summed E-state index contributed by atoms with van der Waals surface area (Å²) < 4.78 is 0.986. The molecule has 2 heterocycles. The van der Waals surface area contributed by atoms with Crippen molar-refractivity contribution in [3.63, 3.8) is 0 Å². The third-order valence-electron chi connectivity index (χ3n) is 5.19. The molecule has 0 bridgehead atoms. The number of thiocarbonyl (C=S) groups is 1. The van der Waals surface area contributed by atoms with Gasteiger partial charge in [-0.05, 0) is 36.8 Å². The van der Waals surface area contributed by atoms with Gasteiger partial charge in [0, 0.05) is 42.6 Å². The summed E-state index contributed by atoms with van der Waals surface area (Å²) in [6.45, 7) is 7.02. The molecule has 0 saturated carbocycles. The SMILES string of the molecule is CC(=NNC(=S)N1CCN(CC(C)C(=O)O)CC1)c1csc(-c2ccc(Br)cc2)c1O. The van der Waals surface area contributed by atoms with Crippen molar-refractivity contribution in [2.45, 2.75) is 13.8 Å². The fourth-order valence-corrected chi connectivity index (χ4v) is 4.78. The lowest BCUT2D eigenvalue weighted by atomic mass is 10.1. The van der Waals surface area contributed by atoms with Crippen LogP contribution in [-0.2, 0) is 4.79 Å². The van der Waals surface area contributed by atoms with Gasteiger partial charge >= 0.3 is 5.97 Å². The number of nitrogens with zero attached hydrogens (tertiary/aromatic N) is 3. The van der Waals surface area contributed by atoms with Crippen LogP contribution in [0.5, 0.6) is 5.75 Å². The Morgan fingerprint density at radius 1 is 1.29 bits per heavy atom. The molecule has 3 N–H and O–H groups in total. The summed E-state index contributed by atoms with van der Waals surface area (Å²) in [5.74, 6) is -0.948. The highest BCUT2D eigenvalue weighted by molar-refractivity contribution is 9.10. The molecule has 10 heteroatoms. The van der Waals surface area contributed by atoms with E-state index in [1.807, 2.05) is 41.5 Å². The molecule has 166 valence electrons. The first-order chi connectivity index (χ1) is 14.8. The number of hydrazone groups is 1. The zero-order chi connectivity index (χ0) is 22.5. The molecule has 0 radical (unpaired) electrons. The Morgan fingerprint density at radius 2 is 1.94 bits per heavy atom. The Bertz CT molecular complexity index is 970. The average molecular weight is 525 g/mol. The fraction of sp³-hybridized carbons (Fsp3) is 0.381. The van der Waals surface area contributed by atoms with Crippen molar-refractivity contribution in [1.82, 2.24) is 15.2 Å². The third-order valence-corrected chi connectivity index (χ3v) is 7.09. The van der Waals surface area contributed by atoms with Crippen LogP contribution in [0.4, 0.5) is 0 Å². The Balaban J connectivity index is 1.57. The van der Waals surface area contributed by atoms with Gasteiger partial charge in [0.2, 0.25) is 0 Å². The van der Waals surface area contributed by atoms with Gasteiger partial charge in [-0.25, -0.2) is 0 Å². The second-order valence-corrected chi connectivity index (χ2v) is 9.66. The molecule has 1 aromatic heterocycles. The van der Waals surface area contributed by atoms with Crippen molar-refractivity contribution in [3.8, 4) is 16.2 Å². The van der Waals surface area contributed by atoms with Crippen LogP contribution < -0.4 is 5.43 Å². The van der Waals surface area contributed by atoms with Crippen molar-refractivity contribution >= 4 is 56.3 Å². The van der Waals surface area contributed by atoms with Crippen LogP contribution in [-0.4, -0.2) is 69.5 Å². The Morgan fingerprint density at radius 3 is 2.55 bits per heavy atom. The number of halogens is 1. The molecule has 0 amide bonds. The van der Waals surface area contributed by atoms with Gasteiger partial charge in [0.1, 0.15) is 5.75 Å². The number of hydrogen-bond donors (Lipinski definition) is 3. The maximum absolute atomic E-state index is 11.0. The zero-order valence-electron chi connectivity index (χ0n) is 17.3. The van der Waals surface area contributed by atoms with Gasteiger partial charge in [-0.1, -0.05) is 35.0 Å². The normalized spacial score (nSPS) is 16.2. The Hall–Kier alpha value is -2.01. The van der Waals surface area contributed by atoms with Gasteiger partial charge in [0.25, 0.3) is 0 Å². The maximum Gasteiger partial charge on any atom is 0.307 e. The molecular formula is C21H25BrN4O3S2. The molecule has 1 fully saturated rings. The van der Waals surface area contributed by atoms with E-state index in [0.29, 0.717) is 36.0 Å². The highest BCUT2D eigenvalue weighted by Gasteiger charge is 2.22. The highest BCUT2D eigenvalue weighted by atomic mass is 79.9. The summed E-state index contributed by atoms with van der Waals surface area (Å²) in [6, 6.07) is 7.79. The molecule has 1 atom stereocenters. The molecule has 1 saturated heterocycles. The second kappa shape index (κ2) is 10.5. The summed E-state index contributed by atoms with van der Waals surface area (Å²) in [4.78, 5) is 16.0. The fourth-order valence-electron chi connectivity index (χ4n) is 3.28. The Kier molecular flexibility index (Phi) is 8.04. The molecule has 1 unspecified atom stereocenters. The van der Waals surface area contributed by atoms with Crippen molar-refractivity contribution in [3.05, 3.63) is 39.7 Å². The molecule has 0 aliphatic carbocycles. The van der Waals surface area contributed by atoms with E-state index < -0.39 is 5.97 Å². The monoisotopic (exact) mass is 524 g/mol. The van der Waals surface area contributed by atoms with E-state index in [4.69, 9.17) is 17.3 Å².